The van der Waals surface area contributed by atoms with Gasteiger partial charge in [-0.1, -0.05) is 133 Å². The molecular weight excluding hydrogens is 699 g/mol. The van der Waals surface area contributed by atoms with Crippen LogP contribution < -0.4 is 20.7 Å². The predicted molar refractivity (Wildman–Crippen MR) is 201 cm³/mol. The van der Waals surface area contributed by atoms with Gasteiger partial charge in [0.15, 0.2) is 8.07 Å². The molecule has 0 atom stereocenters. The number of hydrogen-bond donors (Lipinski definition) is 0. The summed E-state index contributed by atoms with van der Waals surface area (Å²) in [5, 5.41) is 4.53. The molecule has 2 nitrogen and oxygen atoms in total. The van der Waals surface area contributed by atoms with Gasteiger partial charge in [0.25, 0.3) is 0 Å². The van der Waals surface area contributed by atoms with E-state index >= 15 is 0 Å². The zero-order valence-electron chi connectivity index (χ0n) is 27.7. The van der Waals surface area contributed by atoms with Crippen molar-refractivity contribution < 1.29 is 26.3 Å². The van der Waals surface area contributed by atoms with Gasteiger partial charge in [0.1, 0.15) is 0 Å². The van der Waals surface area contributed by atoms with E-state index in [4.69, 9.17) is 0 Å². The average molecular weight is 725 g/mol. The highest BCUT2D eigenvalue weighted by Crippen LogP contribution is 2.41. The molecule has 0 saturated carbocycles. The summed E-state index contributed by atoms with van der Waals surface area (Å²) in [7, 11) is -2.65. The third kappa shape index (κ3) is 5.17. The number of alkyl halides is 6. The first kappa shape index (κ1) is 32.8. The summed E-state index contributed by atoms with van der Waals surface area (Å²) in [6, 6.07) is 47.2. The second-order valence-corrected chi connectivity index (χ2v) is 16.9. The smallest absolute Gasteiger partial charge is 0.254 e. The third-order valence-electron chi connectivity index (χ3n) is 10.3. The summed E-state index contributed by atoms with van der Waals surface area (Å²) in [6.07, 6.45) is -8.56. The van der Waals surface area contributed by atoms with Gasteiger partial charge in [-0.25, -0.2) is 4.98 Å². The Morgan fingerprint density at radius 1 is 0.434 bits per heavy atom. The van der Waals surface area contributed by atoms with E-state index < -0.39 is 31.6 Å². The molecular formula is C44H26F6N2Si. The molecule has 0 saturated heterocycles. The lowest BCUT2D eigenvalue weighted by Gasteiger charge is -2.31. The van der Waals surface area contributed by atoms with E-state index in [1.54, 1.807) is 12.1 Å². The van der Waals surface area contributed by atoms with Crippen LogP contribution in [0.1, 0.15) is 11.1 Å². The van der Waals surface area contributed by atoms with E-state index in [9.17, 15) is 26.3 Å². The Morgan fingerprint density at radius 2 is 0.981 bits per heavy atom. The molecule has 3 heterocycles. The van der Waals surface area contributed by atoms with Crippen LogP contribution in [-0.4, -0.2) is 18.0 Å². The van der Waals surface area contributed by atoms with Crippen LogP contribution in [0.25, 0.3) is 55.3 Å². The molecule has 0 unspecified atom stereocenters. The molecule has 258 valence electrons. The van der Waals surface area contributed by atoms with Crippen LogP contribution in [0.2, 0.25) is 0 Å². The monoisotopic (exact) mass is 724 g/mol. The molecule has 53 heavy (non-hydrogen) atoms. The third-order valence-corrected chi connectivity index (χ3v) is 15.2. The van der Waals surface area contributed by atoms with Crippen LogP contribution in [0.4, 0.5) is 26.3 Å². The quantitative estimate of drug-likeness (QED) is 0.103. The van der Waals surface area contributed by atoms with E-state index in [1.165, 1.54) is 26.3 Å². The first-order valence-corrected chi connectivity index (χ1v) is 18.9. The van der Waals surface area contributed by atoms with E-state index in [-0.39, 0.29) is 27.5 Å². The summed E-state index contributed by atoms with van der Waals surface area (Å²) in [4.78, 5) is 8.56. The van der Waals surface area contributed by atoms with Crippen molar-refractivity contribution in [3.05, 3.63) is 169 Å². The minimum Gasteiger partial charge on any atom is -0.254 e. The topological polar surface area (TPSA) is 25.8 Å². The van der Waals surface area contributed by atoms with Gasteiger partial charge in [0.2, 0.25) is 0 Å². The maximum Gasteiger partial charge on any atom is 0.417 e. The Hall–Kier alpha value is -6.06. The van der Waals surface area contributed by atoms with E-state index in [1.807, 2.05) is 24.3 Å². The van der Waals surface area contributed by atoms with Gasteiger partial charge in [-0.3, -0.25) is 4.98 Å². The minimum absolute atomic E-state index is 0.0209. The predicted octanol–water partition coefficient (Wildman–Crippen LogP) is 9.51. The van der Waals surface area contributed by atoms with Crippen molar-refractivity contribution in [2.45, 2.75) is 12.4 Å². The van der Waals surface area contributed by atoms with Crippen molar-refractivity contribution >= 4 is 50.6 Å². The molecule has 1 aliphatic heterocycles. The molecule has 1 aliphatic rings. The molecule has 0 N–H and O–H groups in total. The zero-order chi connectivity index (χ0) is 36.5. The SMILES string of the molecule is FC(F)(F)c1ccnc2c1ccc1c(C(F)(F)F)cc(-c3ccc(-c4ccc5c(c4)-c4ccccc4[Si]5(c4ccccc4)c4ccccc4)cc3)nc12. The lowest BCUT2D eigenvalue weighted by Crippen LogP contribution is -2.72. The molecule has 0 spiro atoms. The molecule has 9 heteroatoms. The highest BCUT2D eigenvalue weighted by Gasteiger charge is 2.48. The summed E-state index contributed by atoms with van der Waals surface area (Å²) >= 11 is 0. The van der Waals surface area contributed by atoms with E-state index in [2.05, 4.69) is 101 Å². The average Bonchev–Trinajstić information content (AvgIpc) is 3.47. The fourth-order valence-corrected chi connectivity index (χ4v) is 13.2. The summed E-state index contributed by atoms with van der Waals surface area (Å²) in [5.74, 6) is 0. The van der Waals surface area contributed by atoms with Crippen molar-refractivity contribution in [2.24, 2.45) is 0 Å². The van der Waals surface area contributed by atoms with Crippen molar-refractivity contribution in [1.82, 2.24) is 9.97 Å². The van der Waals surface area contributed by atoms with Gasteiger partial charge >= 0.3 is 12.4 Å². The number of fused-ring (bicyclic) bond motifs is 6. The molecule has 0 fully saturated rings. The first-order valence-electron chi connectivity index (χ1n) is 16.9. The standard InChI is InChI=1S/C44H26F6N2Si/c45-43(46,47)36-23-24-51-41-33(36)20-21-34-37(44(48,49)50)26-38(52-42(34)41)28-17-15-27(16-18-28)29-19-22-40-35(25-29)32-13-7-8-14-39(32)53(40,30-9-3-1-4-10-30)31-11-5-2-6-12-31/h1-26H. The van der Waals surface area contributed by atoms with Crippen LogP contribution in [0, 0.1) is 0 Å². The Kier molecular flexibility index (Phi) is 7.43. The highest BCUT2D eigenvalue weighted by atomic mass is 28.3. The second kappa shape index (κ2) is 12.0. The number of hydrogen-bond acceptors (Lipinski definition) is 2. The molecule has 0 radical (unpaired) electrons. The Balaban J connectivity index is 1.17. The van der Waals surface area contributed by atoms with Crippen molar-refractivity contribution in [3.8, 4) is 33.5 Å². The number of aromatic nitrogens is 2. The van der Waals surface area contributed by atoms with Crippen LogP contribution in [0.5, 0.6) is 0 Å². The fourth-order valence-electron chi connectivity index (χ4n) is 7.99. The van der Waals surface area contributed by atoms with Gasteiger partial charge in [-0.2, -0.15) is 26.3 Å². The van der Waals surface area contributed by atoms with E-state index in [0.717, 1.165) is 47.2 Å². The lowest BCUT2D eigenvalue weighted by atomic mass is 9.97. The number of pyridine rings is 2. The van der Waals surface area contributed by atoms with Gasteiger partial charge < -0.3 is 0 Å². The van der Waals surface area contributed by atoms with Gasteiger partial charge in [0, 0.05) is 22.5 Å². The van der Waals surface area contributed by atoms with Gasteiger partial charge in [-0.05, 0) is 61.2 Å². The van der Waals surface area contributed by atoms with E-state index in [0.29, 0.717) is 5.56 Å². The maximum atomic E-state index is 14.4. The maximum absolute atomic E-state index is 14.4. The molecule has 0 aliphatic carbocycles. The lowest BCUT2D eigenvalue weighted by molar-refractivity contribution is -0.137. The number of benzene rings is 6. The summed E-state index contributed by atoms with van der Waals surface area (Å²) in [5.41, 5.74) is 2.00. The Labute approximate surface area is 301 Å². The largest absolute Gasteiger partial charge is 0.417 e. The first-order chi connectivity index (χ1) is 25.5. The molecule has 9 rings (SSSR count). The molecule has 6 aromatic carbocycles. The van der Waals surface area contributed by atoms with Crippen LogP contribution in [0.3, 0.4) is 0 Å². The highest BCUT2D eigenvalue weighted by molar-refractivity contribution is 7.22. The van der Waals surface area contributed by atoms with Crippen molar-refractivity contribution in [2.75, 3.05) is 0 Å². The van der Waals surface area contributed by atoms with Crippen LogP contribution >= 0.6 is 0 Å². The number of rotatable bonds is 4. The minimum atomic E-state index is -4.79. The molecule has 0 bridgehead atoms. The number of halogens is 6. The van der Waals surface area contributed by atoms with Gasteiger partial charge in [-0.15, -0.1) is 0 Å². The van der Waals surface area contributed by atoms with Crippen molar-refractivity contribution in [1.29, 1.82) is 0 Å². The summed E-state index contributed by atoms with van der Waals surface area (Å²) < 4.78 is 84.8. The Bertz CT molecular complexity index is 2650. The molecule has 0 amide bonds. The second-order valence-electron chi connectivity index (χ2n) is 13.1. The van der Waals surface area contributed by atoms with Gasteiger partial charge in [0.05, 0.1) is 27.9 Å². The molecule has 2 aromatic heterocycles. The molecule has 8 aromatic rings. The Morgan fingerprint density at radius 3 is 1.62 bits per heavy atom. The van der Waals surface area contributed by atoms with Crippen LogP contribution in [-0.2, 0) is 12.4 Å². The zero-order valence-corrected chi connectivity index (χ0v) is 28.7. The fraction of sp³-hybridized carbons (Fsp3) is 0.0455. The van der Waals surface area contributed by atoms with Crippen LogP contribution in [0.15, 0.2) is 158 Å². The number of nitrogens with zero attached hydrogens (tertiary/aromatic N) is 2. The normalized spacial score (nSPS) is 13.6. The summed E-state index contributed by atoms with van der Waals surface area (Å²) in [6.45, 7) is 0. The van der Waals surface area contributed by atoms with Crippen molar-refractivity contribution in [3.63, 3.8) is 0 Å².